The number of pyridine rings is 1. The van der Waals surface area contributed by atoms with Crippen molar-refractivity contribution < 1.29 is 4.79 Å². The number of carbonyl (C=O) groups excluding carboxylic acids is 1. The highest BCUT2D eigenvalue weighted by molar-refractivity contribution is 5.80. The molecule has 25 heavy (non-hydrogen) atoms. The summed E-state index contributed by atoms with van der Waals surface area (Å²) in [5.74, 6) is 3.57. The van der Waals surface area contributed by atoms with Gasteiger partial charge < -0.3 is 15.1 Å². The van der Waals surface area contributed by atoms with Gasteiger partial charge in [-0.3, -0.25) is 4.79 Å². The number of piperidine rings is 1. The van der Waals surface area contributed by atoms with Crippen LogP contribution < -0.4 is 10.2 Å². The number of likely N-dealkylation sites (tertiary alicyclic amines) is 1. The average Bonchev–Trinajstić information content (AvgIpc) is 3.10. The summed E-state index contributed by atoms with van der Waals surface area (Å²) in [7, 11) is 0. The minimum Gasteiger partial charge on any atom is -0.357 e. The summed E-state index contributed by atoms with van der Waals surface area (Å²) in [6.07, 6.45) is 10.6. The van der Waals surface area contributed by atoms with E-state index in [1.807, 2.05) is 24.4 Å². The van der Waals surface area contributed by atoms with Crippen LogP contribution in [0.25, 0.3) is 0 Å². The van der Waals surface area contributed by atoms with Gasteiger partial charge in [-0.25, -0.2) is 4.98 Å². The molecule has 0 aliphatic carbocycles. The maximum absolute atomic E-state index is 12.5. The average molecular weight is 337 g/mol. The summed E-state index contributed by atoms with van der Waals surface area (Å²) in [6.45, 7) is 2.07. The Hall–Kier alpha value is -2.57. The zero-order valence-corrected chi connectivity index (χ0v) is 14.3. The van der Waals surface area contributed by atoms with E-state index in [4.69, 9.17) is 6.42 Å². The molecular weight excluding hydrogens is 314 g/mol. The summed E-state index contributed by atoms with van der Waals surface area (Å²) in [4.78, 5) is 20.7. The molecule has 1 unspecified atom stereocenters. The Morgan fingerprint density at radius 1 is 1.28 bits per heavy atom. The second kappa shape index (κ2) is 8.00. The third-order valence-corrected chi connectivity index (χ3v) is 5.02. The molecule has 2 fully saturated rings. The Balaban J connectivity index is 1.48. The second-order valence-electron chi connectivity index (χ2n) is 6.54. The van der Waals surface area contributed by atoms with E-state index >= 15 is 0 Å². The van der Waals surface area contributed by atoms with Gasteiger partial charge in [0.25, 0.3) is 0 Å². The van der Waals surface area contributed by atoms with Crippen molar-refractivity contribution in [2.45, 2.75) is 43.8 Å². The molecule has 1 aromatic rings. The Morgan fingerprint density at radius 3 is 2.68 bits per heavy atom. The molecule has 2 saturated heterocycles. The fourth-order valence-electron chi connectivity index (χ4n) is 3.63. The van der Waals surface area contributed by atoms with Crippen molar-refractivity contribution in [2.75, 3.05) is 24.5 Å². The van der Waals surface area contributed by atoms with Crippen LogP contribution in [0, 0.1) is 23.7 Å². The van der Waals surface area contributed by atoms with E-state index in [1.54, 1.807) is 4.90 Å². The molecule has 0 bridgehead atoms. The van der Waals surface area contributed by atoms with Gasteiger partial charge in [-0.1, -0.05) is 12.0 Å². The van der Waals surface area contributed by atoms with E-state index in [-0.39, 0.29) is 24.5 Å². The largest absolute Gasteiger partial charge is 0.357 e. The van der Waals surface area contributed by atoms with Crippen LogP contribution >= 0.6 is 0 Å². The van der Waals surface area contributed by atoms with Crippen LogP contribution in [0.3, 0.4) is 0 Å². The van der Waals surface area contributed by atoms with Gasteiger partial charge in [-0.05, 0) is 37.8 Å². The molecule has 0 spiro atoms. The molecule has 0 saturated carbocycles. The van der Waals surface area contributed by atoms with Crippen molar-refractivity contribution in [3.05, 3.63) is 24.4 Å². The molecule has 2 aliphatic heterocycles. The maximum Gasteiger partial charge on any atom is 0.238 e. The lowest BCUT2D eigenvalue weighted by atomic mass is 10.0. The zero-order valence-electron chi connectivity index (χ0n) is 14.3. The maximum atomic E-state index is 12.5. The lowest BCUT2D eigenvalue weighted by Gasteiger charge is -2.33. The van der Waals surface area contributed by atoms with Gasteiger partial charge in [0.1, 0.15) is 11.9 Å². The highest BCUT2D eigenvalue weighted by atomic mass is 16.2. The second-order valence-corrected chi connectivity index (χ2v) is 6.54. The van der Waals surface area contributed by atoms with Gasteiger partial charge in [0, 0.05) is 25.3 Å². The third kappa shape index (κ3) is 3.92. The molecule has 1 aromatic heterocycles. The van der Waals surface area contributed by atoms with Crippen molar-refractivity contribution in [2.24, 2.45) is 0 Å². The molecule has 3 heterocycles. The van der Waals surface area contributed by atoms with Gasteiger partial charge >= 0.3 is 0 Å². The van der Waals surface area contributed by atoms with E-state index < -0.39 is 0 Å². The van der Waals surface area contributed by atoms with Crippen molar-refractivity contribution in [3.63, 3.8) is 0 Å². The number of anilines is 1. The van der Waals surface area contributed by atoms with Crippen LogP contribution in [0.1, 0.15) is 25.7 Å². The SMILES string of the molecule is C#C[C@@H]1CCC(C#N)N1C(=O)CNC1CCN(c2ccccn2)CC1. The number of rotatable bonds is 4. The number of terminal acetylenes is 1. The predicted octanol–water partition coefficient (Wildman–Crippen LogP) is 1.16. The summed E-state index contributed by atoms with van der Waals surface area (Å²) >= 11 is 0. The fraction of sp³-hybridized carbons (Fsp3) is 0.526. The van der Waals surface area contributed by atoms with Crippen molar-refractivity contribution in [1.29, 1.82) is 5.26 Å². The highest BCUT2D eigenvalue weighted by Gasteiger charge is 2.35. The molecule has 2 atom stereocenters. The minimum atomic E-state index is -0.388. The van der Waals surface area contributed by atoms with Gasteiger partial charge in [0.2, 0.25) is 5.91 Å². The minimum absolute atomic E-state index is 0.0702. The normalized spacial score (nSPS) is 23.9. The first-order valence-corrected chi connectivity index (χ1v) is 8.79. The van der Waals surface area contributed by atoms with Gasteiger partial charge in [0.15, 0.2) is 0 Å². The number of hydrogen-bond acceptors (Lipinski definition) is 5. The van der Waals surface area contributed by atoms with Crippen LogP contribution in [-0.4, -0.2) is 53.6 Å². The summed E-state index contributed by atoms with van der Waals surface area (Å²) in [6, 6.07) is 7.79. The number of nitriles is 1. The first-order chi connectivity index (χ1) is 12.2. The lowest BCUT2D eigenvalue weighted by molar-refractivity contribution is -0.131. The van der Waals surface area contributed by atoms with Gasteiger partial charge in [0.05, 0.1) is 18.7 Å². The Morgan fingerprint density at radius 2 is 2.04 bits per heavy atom. The van der Waals surface area contributed by atoms with Crippen LogP contribution in [0.15, 0.2) is 24.4 Å². The predicted molar refractivity (Wildman–Crippen MR) is 95.6 cm³/mol. The standard InChI is InChI=1S/C19H23N5O/c1-2-16-6-7-17(13-20)24(16)19(25)14-22-15-8-11-23(12-9-15)18-5-3-4-10-21-18/h1,3-5,10,15-17,22H,6-9,11-12,14H2/t16-,17?/m1/s1. The molecule has 2 aliphatic rings. The molecule has 6 nitrogen and oxygen atoms in total. The smallest absolute Gasteiger partial charge is 0.238 e. The molecule has 0 aromatic carbocycles. The van der Waals surface area contributed by atoms with Crippen LogP contribution in [0.2, 0.25) is 0 Å². The van der Waals surface area contributed by atoms with Gasteiger partial charge in [-0.2, -0.15) is 5.26 Å². The lowest BCUT2D eigenvalue weighted by Crippen LogP contribution is -2.49. The first kappa shape index (κ1) is 17.3. The van der Waals surface area contributed by atoms with Crippen LogP contribution in [0.5, 0.6) is 0 Å². The number of amides is 1. The van der Waals surface area contributed by atoms with E-state index in [0.29, 0.717) is 18.9 Å². The highest BCUT2D eigenvalue weighted by Crippen LogP contribution is 2.23. The van der Waals surface area contributed by atoms with Gasteiger partial charge in [-0.15, -0.1) is 6.42 Å². The van der Waals surface area contributed by atoms with Crippen LogP contribution in [-0.2, 0) is 4.79 Å². The van der Waals surface area contributed by atoms with E-state index in [2.05, 4.69) is 27.2 Å². The van der Waals surface area contributed by atoms with Crippen molar-refractivity contribution >= 4 is 11.7 Å². The quantitative estimate of drug-likeness (QED) is 0.835. The Labute approximate surface area is 148 Å². The molecular formula is C19H23N5O. The Bertz CT molecular complexity index is 647. The number of hydrogen-bond donors (Lipinski definition) is 1. The topological polar surface area (TPSA) is 72.3 Å². The summed E-state index contributed by atoms with van der Waals surface area (Å²) < 4.78 is 0. The molecule has 6 heteroatoms. The van der Waals surface area contributed by atoms with Crippen molar-refractivity contribution in [1.82, 2.24) is 15.2 Å². The summed E-state index contributed by atoms with van der Waals surface area (Å²) in [5.41, 5.74) is 0. The molecule has 1 N–H and O–H groups in total. The fourth-order valence-corrected chi connectivity index (χ4v) is 3.63. The molecule has 1 amide bonds. The molecule has 0 radical (unpaired) electrons. The van der Waals surface area contributed by atoms with Crippen molar-refractivity contribution in [3.8, 4) is 18.4 Å². The molecule has 130 valence electrons. The number of nitrogens with one attached hydrogen (secondary N) is 1. The zero-order chi connectivity index (χ0) is 17.6. The number of carbonyl (C=O) groups is 1. The summed E-state index contributed by atoms with van der Waals surface area (Å²) in [5, 5.41) is 12.6. The number of nitrogens with zero attached hydrogens (tertiary/aromatic N) is 4. The third-order valence-electron chi connectivity index (χ3n) is 5.02. The van der Waals surface area contributed by atoms with Crippen LogP contribution in [0.4, 0.5) is 5.82 Å². The van der Waals surface area contributed by atoms with E-state index in [0.717, 1.165) is 31.7 Å². The van der Waals surface area contributed by atoms with E-state index in [1.165, 1.54) is 0 Å². The Kier molecular flexibility index (Phi) is 5.53. The monoisotopic (exact) mass is 337 g/mol. The molecule has 3 rings (SSSR count). The van der Waals surface area contributed by atoms with E-state index in [9.17, 15) is 10.1 Å². The number of aromatic nitrogens is 1. The first-order valence-electron chi connectivity index (χ1n) is 8.79.